The van der Waals surface area contributed by atoms with E-state index in [0.29, 0.717) is 11.6 Å². The fourth-order valence-electron chi connectivity index (χ4n) is 1.27. The van der Waals surface area contributed by atoms with Crippen LogP contribution in [0.1, 0.15) is 0 Å². The van der Waals surface area contributed by atoms with Gasteiger partial charge < -0.3 is 4.74 Å². The average Bonchev–Trinajstić information content (AvgIpc) is 2.81. The van der Waals surface area contributed by atoms with Crippen molar-refractivity contribution in [3.8, 4) is 5.75 Å². The van der Waals surface area contributed by atoms with Crippen molar-refractivity contribution in [1.29, 1.82) is 0 Å². The van der Waals surface area contributed by atoms with E-state index in [2.05, 4.69) is 14.9 Å². The maximum Gasteiger partial charge on any atom is 0.263 e. The molecule has 0 aliphatic carbocycles. The van der Waals surface area contributed by atoms with Crippen LogP contribution >= 0.6 is 0 Å². The Kier molecular flexibility index (Phi) is 3.01. The molecule has 0 unspecified atom stereocenters. The van der Waals surface area contributed by atoms with Gasteiger partial charge in [0.05, 0.1) is 18.2 Å². The molecule has 17 heavy (non-hydrogen) atoms. The minimum atomic E-state index is -3.59. The summed E-state index contributed by atoms with van der Waals surface area (Å²) in [5.74, 6) is 0.923. The molecule has 6 nitrogen and oxygen atoms in total. The number of benzene rings is 1. The molecule has 0 aliphatic rings. The van der Waals surface area contributed by atoms with Gasteiger partial charge in [-0.2, -0.15) is 5.10 Å². The van der Waals surface area contributed by atoms with E-state index in [-0.39, 0.29) is 4.90 Å². The second kappa shape index (κ2) is 4.46. The Morgan fingerprint density at radius 1 is 1.24 bits per heavy atom. The Morgan fingerprint density at radius 3 is 2.47 bits per heavy atom. The zero-order chi connectivity index (χ0) is 12.3. The summed E-state index contributed by atoms with van der Waals surface area (Å²) in [5.41, 5.74) is 0. The molecule has 0 spiro atoms. The normalized spacial score (nSPS) is 11.1. The summed E-state index contributed by atoms with van der Waals surface area (Å²) in [6.07, 6.45) is 1.46. The zero-order valence-corrected chi connectivity index (χ0v) is 9.86. The van der Waals surface area contributed by atoms with Crippen LogP contribution in [0.3, 0.4) is 0 Å². The van der Waals surface area contributed by atoms with Gasteiger partial charge in [0.2, 0.25) is 0 Å². The van der Waals surface area contributed by atoms with Gasteiger partial charge in [-0.15, -0.1) is 0 Å². The van der Waals surface area contributed by atoms with Crippen molar-refractivity contribution in [1.82, 2.24) is 10.2 Å². The zero-order valence-electron chi connectivity index (χ0n) is 9.04. The van der Waals surface area contributed by atoms with E-state index >= 15 is 0 Å². The van der Waals surface area contributed by atoms with Crippen LogP contribution in [0.25, 0.3) is 0 Å². The standard InChI is InChI=1S/C10H11N3O3S/c1-16-8-2-4-9(5-3-8)17(14,15)13-10-6-7-11-12-10/h2-7H,1H3,(H2,11,12,13). The molecule has 2 rings (SSSR count). The number of aromatic amines is 1. The lowest BCUT2D eigenvalue weighted by Gasteiger charge is -2.06. The minimum Gasteiger partial charge on any atom is -0.497 e. The third kappa shape index (κ3) is 2.56. The SMILES string of the molecule is COc1ccc(S(=O)(=O)Nc2ccn[nH]2)cc1. The molecule has 0 fully saturated rings. The smallest absolute Gasteiger partial charge is 0.263 e. The number of anilines is 1. The molecule has 90 valence electrons. The Labute approximate surface area is 98.7 Å². The summed E-state index contributed by atoms with van der Waals surface area (Å²) >= 11 is 0. The Morgan fingerprint density at radius 2 is 1.94 bits per heavy atom. The predicted molar refractivity (Wildman–Crippen MR) is 62.4 cm³/mol. The highest BCUT2D eigenvalue weighted by Gasteiger charge is 2.14. The summed E-state index contributed by atoms with van der Waals surface area (Å²) in [6.45, 7) is 0. The second-order valence-corrected chi connectivity index (χ2v) is 4.93. The van der Waals surface area contributed by atoms with Crippen molar-refractivity contribution >= 4 is 15.8 Å². The van der Waals surface area contributed by atoms with E-state index in [0.717, 1.165) is 0 Å². The first kappa shape index (κ1) is 11.5. The molecule has 0 atom stereocenters. The largest absolute Gasteiger partial charge is 0.497 e. The lowest BCUT2D eigenvalue weighted by Crippen LogP contribution is -2.13. The molecule has 1 aromatic heterocycles. The fourth-order valence-corrected chi connectivity index (χ4v) is 2.29. The molecule has 0 saturated heterocycles. The van der Waals surface area contributed by atoms with Crippen molar-refractivity contribution in [2.45, 2.75) is 4.90 Å². The van der Waals surface area contributed by atoms with E-state index < -0.39 is 10.0 Å². The van der Waals surface area contributed by atoms with Crippen LogP contribution in [-0.2, 0) is 10.0 Å². The van der Waals surface area contributed by atoms with E-state index in [1.165, 1.54) is 31.5 Å². The van der Waals surface area contributed by atoms with Crippen LogP contribution in [0.15, 0.2) is 41.4 Å². The van der Waals surface area contributed by atoms with Crippen LogP contribution in [0.5, 0.6) is 5.75 Å². The average molecular weight is 253 g/mol. The molecule has 2 aromatic rings. The third-order valence-corrected chi connectivity index (χ3v) is 3.50. The van der Waals surface area contributed by atoms with Crippen LogP contribution in [0.4, 0.5) is 5.82 Å². The number of hydrogen-bond donors (Lipinski definition) is 2. The summed E-state index contributed by atoms with van der Waals surface area (Å²) in [7, 11) is -2.06. The Bertz CT molecular complexity index is 576. The molecule has 0 aliphatic heterocycles. The number of aromatic nitrogens is 2. The maximum atomic E-state index is 11.9. The van der Waals surface area contributed by atoms with Gasteiger partial charge in [0.15, 0.2) is 0 Å². The molecule has 0 radical (unpaired) electrons. The lowest BCUT2D eigenvalue weighted by molar-refractivity contribution is 0.414. The molecular formula is C10H11N3O3S. The summed E-state index contributed by atoms with van der Waals surface area (Å²) < 4.78 is 31.1. The quantitative estimate of drug-likeness (QED) is 0.858. The minimum absolute atomic E-state index is 0.160. The van der Waals surface area contributed by atoms with E-state index in [9.17, 15) is 8.42 Å². The van der Waals surface area contributed by atoms with Crippen LogP contribution in [-0.4, -0.2) is 25.7 Å². The van der Waals surface area contributed by atoms with Gasteiger partial charge in [-0.25, -0.2) is 8.42 Å². The number of sulfonamides is 1. The Hall–Kier alpha value is -2.02. The first-order valence-corrected chi connectivity index (χ1v) is 6.26. The van der Waals surface area contributed by atoms with E-state index in [1.54, 1.807) is 12.1 Å². The topological polar surface area (TPSA) is 84.1 Å². The number of H-pyrrole nitrogens is 1. The van der Waals surface area contributed by atoms with Crippen molar-refractivity contribution in [3.63, 3.8) is 0 Å². The second-order valence-electron chi connectivity index (χ2n) is 3.25. The number of nitrogens with one attached hydrogen (secondary N) is 2. The first-order valence-electron chi connectivity index (χ1n) is 4.78. The molecular weight excluding hydrogens is 242 g/mol. The molecule has 1 heterocycles. The first-order chi connectivity index (χ1) is 8.12. The fraction of sp³-hybridized carbons (Fsp3) is 0.100. The van der Waals surface area contributed by atoms with Crippen molar-refractivity contribution in [2.75, 3.05) is 11.8 Å². The maximum absolute atomic E-state index is 11.9. The molecule has 0 bridgehead atoms. The Balaban J connectivity index is 2.25. The summed E-state index contributed by atoms with van der Waals surface area (Å²) in [4.78, 5) is 0.160. The van der Waals surface area contributed by atoms with Gasteiger partial charge >= 0.3 is 0 Å². The van der Waals surface area contributed by atoms with Crippen molar-refractivity contribution in [3.05, 3.63) is 36.5 Å². The van der Waals surface area contributed by atoms with Crippen molar-refractivity contribution < 1.29 is 13.2 Å². The van der Waals surface area contributed by atoms with E-state index in [1.807, 2.05) is 0 Å². The summed E-state index contributed by atoms with van der Waals surface area (Å²) in [5, 5.41) is 6.18. The highest BCUT2D eigenvalue weighted by atomic mass is 32.2. The monoisotopic (exact) mass is 253 g/mol. The van der Waals surface area contributed by atoms with Gasteiger partial charge in [0.1, 0.15) is 11.6 Å². The number of rotatable bonds is 4. The highest BCUT2D eigenvalue weighted by molar-refractivity contribution is 7.92. The lowest BCUT2D eigenvalue weighted by atomic mass is 10.3. The van der Waals surface area contributed by atoms with E-state index in [4.69, 9.17) is 4.74 Å². The molecule has 1 aromatic carbocycles. The van der Waals surface area contributed by atoms with Gasteiger partial charge in [-0.3, -0.25) is 9.82 Å². The molecule has 0 saturated carbocycles. The van der Waals surface area contributed by atoms with Crippen LogP contribution in [0, 0.1) is 0 Å². The highest BCUT2D eigenvalue weighted by Crippen LogP contribution is 2.17. The van der Waals surface area contributed by atoms with Crippen LogP contribution in [0.2, 0.25) is 0 Å². The van der Waals surface area contributed by atoms with Gasteiger partial charge in [-0.1, -0.05) is 0 Å². The molecule has 7 heteroatoms. The predicted octanol–water partition coefficient (Wildman–Crippen LogP) is 1.22. The van der Waals surface area contributed by atoms with Crippen molar-refractivity contribution in [2.24, 2.45) is 0 Å². The number of nitrogens with zero attached hydrogens (tertiary/aromatic N) is 1. The number of methoxy groups -OCH3 is 1. The summed E-state index contributed by atoms with van der Waals surface area (Å²) in [6, 6.07) is 7.64. The molecule has 2 N–H and O–H groups in total. The number of ether oxygens (including phenoxy) is 1. The van der Waals surface area contributed by atoms with Gasteiger partial charge in [0.25, 0.3) is 10.0 Å². The third-order valence-electron chi connectivity index (χ3n) is 2.11. The number of hydrogen-bond acceptors (Lipinski definition) is 4. The molecule has 0 amide bonds. The van der Waals surface area contributed by atoms with Crippen LogP contribution < -0.4 is 9.46 Å². The van der Waals surface area contributed by atoms with Gasteiger partial charge in [-0.05, 0) is 24.3 Å². The van der Waals surface area contributed by atoms with Gasteiger partial charge in [0, 0.05) is 6.07 Å².